The molecular weight excluding hydrogens is 398 g/mol. The lowest BCUT2D eigenvalue weighted by Crippen LogP contribution is -2.54. The van der Waals surface area contributed by atoms with E-state index in [1.54, 1.807) is 11.0 Å². The summed E-state index contributed by atoms with van der Waals surface area (Å²) in [6, 6.07) is 10.6. The maximum absolute atomic E-state index is 11.2. The van der Waals surface area contributed by atoms with Crippen LogP contribution in [0, 0.1) is 11.3 Å². The highest BCUT2D eigenvalue weighted by molar-refractivity contribution is 7.79. The minimum atomic E-state index is -1.17. The smallest absolute Gasteiger partial charge is 0.339 e. The second-order valence-electron chi connectivity index (χ2n) is 9.50. The first-order chi connectivity index (χ1) is 14.1. The van der Waals surface area contributed by atoms with Gasteiger partial charge in [0.05, 0.1) is 11.2 Å². The molecule has 5 nitrogen and oxygen atoms in total. The zero-order valence-corrected chi connectivity index (χ0v) is 18.1. The van der Waals surface area contributed by atoms with Gasteiger partial charge in [0.15, 0.2) is 0 Å². The second kappa shape index (κ2) is 5.97. The molecule has 0 saturated heterocycles. The van der Waals surface area contributed by atoms with Crippen molar-refractivity contribution in [2.75, 3.05) is 4.90 Å². The zero-order chi connectivity index (χ0) is 21.5. The fourth-order valence-electron chi connectivity index (χ4n) is 6.45. The summed E-state index contributed by atoms with van der Waals surface area (Å²) in [4.78, 5) is 13.0. The van der Waals surface area contributed by atoms with Gasteiger partial charge >= 0.3 is 5.97 Å². The molecule has 3 aliphatic rings. The number of hydrogen-bond acceptors (Lipinski definition) is 4. The van der Waals surface area contributed by atoms with E-state index in [0.29, 0.717) is 11.6 Å². The normalized spacial score (nSPS) is 33.0. The van der Waals surface area contributed by atoms with Gasteiger partial charge in [0.1, 0.15) is 22.7 Å². The number of rotatable bonds is 4. The Balaban J connectivity index is 1.60. The first kappa shape index (κ1) is 19.4. The maximum Gasteiger partial charge on any atom is 0.339 e. The highest BCUT2D eigenvalue weighted by Gasteiger charge is 2.73. The van der Waals surface area contributed by atoms with Crippen molar-refractivity contribution in [3.05, 3.63) is 47.5 Å². The van der Waals surface area contributed by atoms with Crippen LogP contribution in [0.15, 0.2) is 36.4 Å². The summed E-state index contributed by atoms with van der Waals surface area (Å²) in [5.74, 6) is 0.0475. The molecular formula is C24H25NO4S. The predicted octanol–water partition coefficient (Wildman–Crippen LogP) is 5.41. The van der Waals surface area contributed by atoms with Crippen LogP contribution in [0.1, 0.15) is 56.0 Å². The Morgan fingerprint density at radius 1 is 1.20 bits per heavy atom. The summed E-state index contributed by atoms with van der Waals surface area (Å²) >= 11 is 5.28. The number of benzene rings is 2. The third kappa shape index (κ3) is 2.17. The number of carboxylic acid groups (broad SMARTS) is 1. The molecule has 4 unspecified atom stereocenters. The number of carbonyl (C=O) groups is 1. The molecule has 0 spiro atoms. The minimum absolute atomic E-state index is 0.0866. The molecule has 2 N–H and O–H groups in total. The van der Waals surface area contributed by atoms with Crippen LogP contribution in [-0.2, 0) is 5.41 Å². The fourth-order valence-corrected chi connectivity index (χ4v) is 6.69. The van der Waals surface area contributed by atoms with Crippen molar-refractivity contribution in [2.24, 2.45) is 11.3 Å². The second-order valence-corrected chi connectivity index (χ2v) is 9.71. The van der Waals surface area contributed by atoms with Gasteiger partial charge < -0.3 is 19.8 Å². The molecule has 1 heterocycles. The molecule has 0 aromatic heterocycles. The van der Waals surface area contributed by atoms with Gasteiger partial charge in [-0.3, -0.25) is 0 Å². The Hall–Kier alpha value is -2.60. The Labute approximate surface area is 181 Å². The standard InChI is InChI=1S/C24H25NO4S/c1-22-9-8-14(12-22)24(3)23(22,2)18-10-15(5-7-20(18)29-24)25(13-30)16-4-6-17(21(27)28)19(26)11-16/h4-7,10-11,13-14,26H,8-9,12H2,1-3H3,(H,27,28). The summed E-state index contributed by atoms with van der Waals surface area (Å²) < 4.78 is 6.60. The number of phenols is 1. The average molecular weight is 424 g/mol. The van der Waals surface area contributed by atoms with E-state index in [0.717, 1.165) is 11.4 Å². The van der Waals surface area contributed by atoms with Crippen LogP contribution < -0.4 is 9.64 Å². The molecule has 2 saturated carbocycles. The first-order valence-corrected chi connectivity index (χ1v) is 10.8. The number of fused-ring (bicyclic) bond motifs is 7. The average Bonchev–Trinajstić information content (AvgIpc) is 3.26. The van der Waals surface area contributed by atoms with Gasteiger partial charge in [0, 0.05) is 22.7 Å². The lowest BCUT2D eigenvalue weighted by atomic mass is 9.56. The van der Waals surface area contributed by atoms with Crippen molar-refractivity contribution in [2.45, 2.75) is 51.0 Å². The van der Waals surface area contributed by atoms with Gasteiger partial charge in [-0.1, -0.05) is 26.1 Å². The molecule has 2 bridgehead atoms. The number of hydrogen-bond donors (Lipinski definition) is 2. The quantitative estimate of drug-likeness (QED) is 0.641. The van der Waals surface area contributed by atoms with Crippen molar-refractivity contribution in [3.63, 3.8) is 0 Å². The van der Waals surface area contributed by atoms with Gasteiger partial charge in [-0.2, -0.15) is 0 Å². The molecule has 5 rings (SSSR count). The van der Waals surface area contributed by atoms with Crippen molar-refractivity contribution < 1.29 is 19.7 Å². The molecule has 156 valence electrons. The Morgan fingerprint density at radius 2 is 1.90 bits per heavy atom. The van der Waals surface area contributed by atoms with Crippen molar-refractivity contribution in [1.82, 2.24) is 0 Å². The monoisotopic (exact) mass is 423 g/mol. The number of nitrogens with zero attached hydrogens (tertiary/aromatic N) is 1. The molecule has 0 radical (unpaired) electrons. The van der Waals surface area contributed by atoms with Crippen LogP contribution in [0.2, 0.25) is 0 Å². The van der Waals surface area contributed by atoms with E-state index < -0.39 is 5.97 Å². The van der Waals surface area contributed by atoms with E-state index in [9.17, 15) is 15.0 Å². The van der Waals surface area contributed by atoms with Crippen LogP contribution >= 0.6 is 12.2 Å². The zero-order valence-electron chi connectivity index (χ0n) is 17.3. The third-order valence-electron chi connectivity index (χ3n) is 8.42. The number of anilines is 2. The van der Waals surface area contributed by atoms with E-state index in [1.807, 2.05) is 12.1 Å². The minimum Gasteiger partial charge on any atom is -0.507 e. The summed E-state index contributed by atoms with van der Waals surface area (Å²) in [6.45, 7) is 7.00. The summed E-state index contributed by atoms with van der Waals surface area (Å²) in [5.41, 5.74) is 3.97. The first-order valence-electron chi connectivity index (χ1n) is 10.3. The topological polar surface area (TPSA) is 70.0 Å². The SMILES string of the molecule is CC12CCC(C1)C1(C)Oc3ccc(N(C=S)c4ccc(C(=O)O)c(O)c4)cc3C21C. The van der Waals surface area contributed by atoms with E-state index in [4.69, 9.17) is 17.0 Å². The van der Waals surface area contributed by atoms with E-state index >= 15 is 0 Å². The predicted molar refractivity (Wildman–Crippen MR) is 119 cm³/mol. The van der Waals surface area contributed by atoms with Gasteiger partial charge in [-0.25, -0.2) is 4.79 Å². The van der Waals surface area contributed by atoms with Crippen LogP contribution in [0.3, 0.4) is 0 Å². The lowest BCUT2D eigenvalue weighted by Gasteiger charge is -2.48. The molecule has 1 aliphatic heterocycles. The van der Waals surface area contributed by atoms with Crippen LogP contribution in [0.4, 0.5) is 11.4 Å². The number of carboxylic acids is 1. The molecule has 30 heavy (non-hydrogen) atoms. The molecule has 2 aliphatic carbocycles. The Bertz CT molecular complexity index is 1100. The summed E-state index contributed by atoms with van der Waals surface area (Å²) in [7, 11) is 0. The van der Waals surface area contributed by atoms with Gasteiger partial charge in [0.25, 0.3) is 0 Å². The number of aromatic carboxylic acids is 1. The van der Waals surface area contributed by atoms with Crippen molar-refractivity contribution in [1.29, 1.82) is 0 Å². The van der Waals surface area contributed by atoms with Gasteiger partial charge in [-0.15, -0.1) is 0 Å². The van der Waals surface area contributed by atoms with Crippen LogP contribution in [0.5, 0.6) is 11.5 Å². The van der Waals surface area contributed by atoms with E-state index in [-0.39, 0.29) is 27.7 Å². The molecule has 4 atom stereocenters. The Morgan fingerprint density at radius 3 is 2.57 bits per heavy atom. The maximum atomic E-state index is 11.2. The number of thiocarbonyl (C=S) groups is 1. The number of aromatic hydroxyl groups is 1. The van der Waals surface area contributed by atoms with E-state index in [2.05, 4.69) is 26.8 Å². The van der Waals surface area contributed by atoms with E-state index in [1.165, 1.54) is 42.5 Å². The number of ether oxygens (including phenoxy) is 1. The summed E-state index contributed by atoms with van der Waals surface area (Å²) in [6.07, 6.45) is 3.61. The molecule has 2 aromatic carbocycles. The fraction of sp³-hybridized carbons (Fsp3) is 0.417. The Kier molecular flexibility index (Phi) is 3.86. The van der Waals surface area contributed by atoms with Crippen molar-refractivity contribution in [3.8, 4) is 11.5 Å². The highest BCUT2D eigenvalue weighted by Crippen LogP contribution is 2.73. The van der Waals surface area contributed by atoms with Gasteiger partial charge in [-0.05, 0) is 67.9 Å². The molecule has 0 amide bonds. The largest absolute Gasteiger partial charge is 0.507 e. The van der Waals surface area contributed by atoms with Crippen molar-refractivity contribution >= 4 is 35.1 Å². The molecule has 2 aromatic rings. The third-order valence-corrected chi connectivity index (χ3v) is 8.63. The highest BCUT2D eigenvalue weighted by atomic mass is 32.1. The van der Waals surface area contributed by atoms with Crippen LogP contribution in [0.25, 0.3) is 0 Å². The van der Waals surface area contributed by atoms with Crippen LogP contribution in [-0.4, -0.2) is 27.3 Å². The molecule has 2 fully saturated rings. The lowest BCUT2D eigenvalue weighted by molar-refractivity contribution is -0.0260. The summed E-state index contributed by atoms with van der Waals surface area (Å²) in [5, 5.41) is 19.3. The van der Waals surface area contributed by atoms with Gasteiger partial charge in [0.2, 0.25) is 0 Å². The molecule has 6 heteroatoms.